The number of rotatable bonds is 4. The molecule has 0 saturated carbocycles. The number of aromatic nitrogens is 1. The van der Waals surface area contributed by atoms with Gasteiger partial charge in [-0.15, -0.1) is 0 Å². The van der Waals surface area contributed by atoms with Crippen molar-refractivity contribution in [1.29, 1.82) is 0 Å². The van der Waals surface area contributed by atoms with Crippen LogP contribution in [0.25, 0.3) is 10.9 Å². The van der Waals surface area contributed by atoms with Crippen LogP contribution in [0.3, 0.4) is 0 Å². The molecule has 3 aromatic rings. The highest BCUT2D eigenvalue weighted by atomic mass is 35.5. The molecule has 6 nitrogen and oxygen atoms in total. The Morgan fingerprint density at radius 2 is 1.96 bits per heavy atom. The third kappa shape index (κ3) is 3.58. The summed E-state index contributed by atoms with van der Waals surface area (Å²) in [7, 11) is 0. The monoisotopic (exact) mass is 416 g/mol. The molecule has 1 amide bonds. The van der Waals surface area contributed by atoms with E-state index in [0.29, 0.717) is 34.6 Å². The fraction of sp³-hybridized carbons (Fsp3) is 0.200. The number of pyridine rings is 1. The van der Waals surface area contributed by atoms with Gasteiger partial charge in [0, 0.05) is 30.4 Å². The van der Waals surface area contributed by atoms with Crippen LogP contribution in [0.4, 0.5) is 17.1 Å². The number of amides is 1. The van der Waals surface area contributed by atoms with Gasteiger partial charge in [0.2, 0.25) is 0 Å². The van der Waals surface area contributed by atoms with E-state index in [2.05, 4.69) is 15.2 Å². The number of benzene rings is 2. The van der Waals surface area contributed by atoms with E-state index in [-0.39, 0.29) is 5.56 Å². The van der Waals surface area contributed by atoms with Crippen molar-refractivity contribution in [2.75, 3.05) is 36.5 Å². The van der Waals surface area contributed by atoms with Crippen LogP contribution in [0.1, 0.15) is 10.4 Å². The van der Waals surface area contributed by atoms with Crippen LogP contribution >= 0.6 is 23.2 Å². The summed E-state index contributed by atoms with van der Waals surface area (Å²) in [5, 5.41) is 4.80. The minimum Gasteiger partial charge on any atom is -0.378 e. The van der Waals surface area contributed by atoms with Crippen molar-refractivity contribution in [3.05, 3.63) is 58.2 Å². The Morgan fingerprint density at radius 1 is 1.18 bits per heavy atom. The smallest absolute Gasteiger partial charge is 0.252 e. The third-order valence-electron chi connectivity index (χ3n) is 4.70. The highest BCUT2D eigenvalue weighted by Gasteiger charge is 2.18. The molecule has 0 unspecified atom stereocenters. The molecule has 1 saturated heterocycles. The average molecular weight is 417 g/mol. The summed E-state index contributed by atoms with van der Waals surface area (Å²) in [6.45, 7) is 2.97. The number of halogens is 2. The first-order chi connectivity index (χ1) is 13.5. The van der Waals surface area contributed by atoms with Crippen LogP contribution in [-0.4, -0.2) is 37.2 Å². The first-order valence-electron chi connectivity index (χ1n) is 8.81. The summed E-state index contributed by atoms with van der Waals surface area (Å²) in [6, 6.07) is 11.2. The zero-order valence-electron chi connectivity index (χ0n) is 14.9. The first-order valence-corrected chi connectivity index (χ1v) is 9.56. The molecule has 3 N–H and O–H groups in total. The molecule has 144 valence electrons. The van der Waals surface area contributed by atoms with Gasteiger partial charge in [0.25, 0.3) is 5.91 Å². The van der Waals surface area contributed by atoms with Crippen LogP contribution in [0.2, 0.25) is 10.0 Å². The predicted molar refractivity (Wildman–Crippen MR) is 113 cm³/mol. The SMILES string of the molecule is NC(=O)c1cnc2ccc(N3CCOCC3)cc2c1Nc1cccc(Cl)c1Cl. The molecule has 1 aliphatic rings. The van der Waals surface area contributed by atoms with Gasteiger partial charge in [-0.1, -0.05) is 29.3 Å². The Kier molecular flexibility index (Phi) is 5.26. The largest absolute Gasteiger partial charge is 0.378 e. The highest BCUT2D eigenvalue weighted by molar-refractivity contribution is 6.43. The van der Waals surface area contributed by atoms with E-state index < -0.39 is 5.91 Å². The number of nitrogens with zero attached hydrogens (tertiary/aromatic N) is 2. The van der Waals surface area contributed by atoms with E-state index in [1.807, 2.05) is 18.2 Å². The van der Waals surface area contributed by atoms with Gasteiger partial charge in [0.1, 0.15) is 0 Å². The molecule has 1 aliphatic heterocycles. The molecule has 1 aromatic heterocycles. The van der Waals surface area contributed by atoms with Gasteiger partial charge in [-0.2, -0.15) is 0 Å². The van der Waals surface area contributed by atoms with E-state index in [1.54, 1.807) is 18.2 Å². The number of carbonyl (C=O) groups excluding carboxylic acids is 1. The van der Waals surface area contributed by atoms with Crippen LogP contribution < -0.4 is 16.0 Å². The standard InChI is InChI=1S/C20H18Cl2N4O2/c21-15-2-1-3-17(18(15)22)25-19-13-10-12(26-6-8-28-9-7-26)4-5-16(13)24-11-14(19)20(23)27/h1-5,10-11H,6-9H2,(H2,23,27)(H,24,25). The van der Waals surface area contributed by atoms with E-state index in [4.69, 9.17) is 33.7 Å². The fourth-order valence-electron chi connectivity index (χ4n) is 3.26. The maximum Gasteiger partial charge on any atom is 0.252 e. The van der Waals surface area contributed by atoms with Crippen molar-refractivity contribution in [2.24, 2.45) is 5.73 Å². The number of fused-ring (bicyclic) bond motifs is 1. The van der Waals surface area contributed by atoms with Crippen molar-refractivity contribution < 1.29 is 9.53 Å². The number of morpholine rings is 1. The molecule has 28 heavy (non-hydrogen) atoms. The molecule has 2 heterocycles. The van der Waals surface area contributed by atoms with Gasteiger partial charge in [-0.25, -0.2) is 0 Å². The van der Waals surface area contributed by atoms with E-state index in [0.717, 1.165) is 29.7 Å². The average Bonchev–Trinajstić information content (AvgIpc) is 2.71. The zero-order valence-corrected chi connectivity index (χ0v) is 16.4. The lowest BCUT2D eigenvalue weighted by atomic mass is 10.1. The maximum atomic E-state index is 12.1. The number of hydrogen-bond acceptors (Lipinski definition) is 5. The van der Waals surface area contributed by atoms with Crippen molar-refractivity contribution in [1.82, 2.24) is 4.98 Å². The lowest BCUT2D eigenvalue weighted by molar-refractivity contribution is 0.100. The molecular formula is C20H18Cl2N4O2. The summed E-state index contributed by atoms with van der Waals surface area (Å²) in [5.74, 6) is -0.577. The molecule has 0 atom stereocenters. The van der Waals surface area contributed by atoms with Gasteiger partial charge in [0.15, 0.2) is 0 Å². The molecule has 1 fully saturated rings. The van der Waals surface area contributed by atoms with Crippen LogP contribution in [-0.2, 0) is 4.74 Å². The molecule has 8 heteroatoms. The highest BCUT2D eigenvalue weighted by Crippen LogP contribution is 2.36. The number of ether oxygens (including phenoxy) is 1. The summed E-state index contributed by atoms with van der Waals surface area (Å²) in [4.78, 5) is 18.7. The van der Waals surface area contributed by atoms with Crippen LogP contribution in [0, 0.1) is 0 Å². The molecular weight excluding hydrogens is 399 g/mol. The van der Waals surface area contributed by atoms with Crippen molar-refractivity contribution in [3.8, 4) is 0 Å². The number of carbonyl (C=O) groups is 1. The fourth-order valence-corrected chi connectivity index (χ4v) is 3.60. The Hall–Kier alpha value is -2.54. The van der Waals surface area contributed by atoms with E-state index in [1.165, 1.54) is 6.20 Å². The van der Waals surface area contributed by atoms with Crippen LogP contribution in [0.15, 0.2) is 42.6 Å². The number of primary amides is 1. The molecule has 0 bridgehead atoms. The van der Waals surface area contributed by atoms with E-state index >= 15 is 0 Å². The summed E-state index contributed by atoms with van der Waals surface area (Å²) < 4.78 is 5.43. The third-order valence-corrected chi connectivity index (χ3v) is 5.52. The predicted octanol–water partition coefficient (Wildman–Crippen LogP) is 4.22. The Bertz CT molecular complexity index is 1050. The second kappa shape index (κ2) is 7.83. The Morgan fingerprint density at radius 3 is 2.71 bits per heavy atom. The van der Waals surface area contributed by atoms with Gasteiger partial charge in [-0.3, -0.25) is 9.78 Å². The molecule has 2 aromatic carbocycles. The summed E-state index contributed by atoms with van der Waals surface area (Å²) >= 11 is 12.5. The van der Waals surface area contributed by atoms with Crippen molar-refractivity contribution >= 4 is 57.1 Å². The first kappa shape index (κ1) is 18.8. The number of anilines is 3. The quantitative estimate of drug-likeness (QED) is 0.665. The topological polar surface area (TPSA) is 80.5 Å². The molecule has 0 radical (unpaired) electrons. The Balaban J connectivity index is 1.86. The van der Waals surface area contributed by atoms with Crippen molar-refractivity contribution in [2.45, 2.75) is 0 Å². The lowest BCUT2D eigenvalue weighted by Crippen LogP contribution is -2.36. The van der Waals surface area contributed by atoms with Gasteiger partial charge in [-0.05, 0) is 30.3 Å². The summed E-state index contributed by atoms with van der Waals surface area (Å²) in [5.41, 5.74) is 8.79. The van der Waals surface area contributed by atoms with Crippen LogP contribution in [0.5, 0.6) is 0 Å². The molecule has 0 spiro atoms. The minimum absolute atomic E-state index is 0.280. The van der Waals surface area contributed by atoms with Crippen molar-refractivity contribution in [3.63, 3.8) is 0 Å². The Labute approximate surface area is 172 Å². The minimum atomic E-state index is -0.577. The number of nitrogens with two attached hydrogens (primary N) is 1. The van der Waals surface area contributed by atoms with Gasteiger partial charge >= 0.3 is 0 Å². The van der Waals surface area contributed by atoms with Gasteiger partial charge < -0.3 is 20.7 Å². The lowest BCUT2D eigenvalue weighted by Gasteiger charge is -2.29. The zero-order chi connectivity index (χ0) is 19.7. The number of hydrogen-bond donors (Lipinski definition) is 2. The molecule has 4 rings (SSSR count). The normalized spacial score (nSPS) is 14.3. The second-order valence-corrected chi connectivity index (χ2v) is 7.22. The van der Waals surface area contributed by atoms with E-state index in [9.17, 15) is 4.79 Å². The van der Waals surface area contributed by atoms with Gasteiger partial charge in [0.05, 0.1) is 45.7 Å². The number of nitrogens with one attached hydrogen (secondary N) is 1. The summed E-state index contributed by atoms with van der Waals surface area (Å²) in [6.07, 6.45) is 1.47. The molecule has 0 aliphatic carbocycles. The maximum absolute atomic E-state index is 12.1. The second-order valence-electron chi connectivity index (χ2n) is 6.44.